The first-order valence-corrected chi connectivity index (χ1v) is 12.2. The van der Waals surface area contributed by atoms with Gasteiger partial charge in [-0.15, -0.1) is 24.0 Å². The van der Waals surface area contributed by atoms with Gasteiger partial charge in [0, 0.05) is 51.8 Å². The molecule has 182 valence electrons. The van der Waals surface area contributed by atoms with E-state index in [9.17, 15) is 4.79 Å². The zero-order valence-corrected chi connectivity index (χ0v) is 22.5. The molecule has 31 heavy (non-hydrogen) atoms. The number of nitrogens with one attached hydrogen (secondary N) is 2. The maximum atomic E-state index is 12.6. The lowest BCUT2D eigenvalue weighted by Crippen LogP contribution is -2.50. The molecule has 0 spiro atoms. The van der Waals surface area contributed by atoms with Gasteiger partial charge < -0.3 is 25.2 Å². The van der Waals surface area contributed by atoms with Crippen molar-refractivity contribution in [1.82, 2.24) is 20.4 Å². The molecule has 7 nitrogen and oxygen atoms in total. The number of methoxy groups -OCH3 is 1. The topological polar surface area (TPSA) is 69.2 Å². The number of carbonyl (C=O) groups excluding carboxylic acids is 1. The number of aliphatic imine (C=N–C) groups is 1. The lowest BCUT2D eigenvalue weighted by Gasteiger charge is -2.35. The molecule has 0 atom stereocenters. The molecule has 2 rings (SSSR count). The fourth-order valence-corrected chi connectivity index (χ4v) is 4.49. The third-order valence-corrected chi connectivity index (χ3v) is 6.65. The Morgan fingerprint density at radius 2 is 1.71 bits per heavy atom. The van der Waals surface area contributed by atoms with Gasteiger partial charge >= 0.3 is 0 Å². The lowest BCUT2D eigenvalue weighted by atomic mass is 9.97. The van der Waals surface area contributed by atoms with Gasteiger partial charge in [0.05, 0.1) is 6.61 Å². The standard InChI is InChI=1S/C23H45N5O2.HI/c1-5-20(6-2)22(29)28-14-10-21(11-15-28)26-23(24-7-3)25-18-19-8-12-27(13-9-19)16-17-30-4;/h19-21H,5-18H2,1-4H3,(H2,24,25,26);1H. The average Bonchev–Trinajstić information content (AvgIpc) is 2.78. The Hall–Kier alpha value is -0.610. The predicted octanol–water partition coefficient (Wildman–Crippen LogP) is 2.95. The summed E-state index contributed by atoms with van der Waals surface area (Å²) < 4.78 is 5.19. The minimum atomic E-state index is 0. The summed E-state index contributed by atoms with van der Waals surface area (Å²) in [6, 6.07) is 0.393. The summed E-state index contributed by atoms with van der Waals surface area (Å²) in [6.07, 6.45) is 6.29. The maximum Gasteiger partial charge on any atom is 0.225 e. The first-order chi connectivity index (χ1) is 14.6. The number of guanidine groups is 1. The van der Waals surface area contributed by atoms with Crippen LogP contribution in [0.5, 0.6) is 0 Å². The summed E-state index contributed by atoms with van der Waals surface area (Å²) in [5.41, 5.74) is 0. The molecule has 0 aromatic rings. The molecule has 2 saturated heterocycles. The second kappa shape index (κ2) is 16.1. The molecule has 2 fully saturated rings. The van der Waals surface area contributed by atoms with E-state index in [1.165, 1.54) is 12.8 Å². The molecular formula is C23H46IN5O2. The Kier molecular flexibility index (Phi) is 14.7. The van der Waals surface area contributed by atoms with Crippen LogP contribution in [0.4, 0.5) is 0 Å². The van der Waals surface area contributed by atoms with Gasteiger partial charge in [0.15, 0.2) is 5.96 Å². The van der Waals surface area contributed by atoms with E-state index in [0.29, 0.717) is 17.9 Å². The fraction of sp³-hybridized carbons (Fsp3) is 0.913. The quantitative estimate of drug-likeness (QED) is 0.248. The molecule has 1 amide bonds. The molecule has 8 heteroatoms. The minimum Gasteiger partial charge on any atom is -0.383 e. The molecule has 0 aromatic heterocycles. The Balaban J connectivity index is 0.00000480. The van der Waals surface area contributed by atoms with E-state index in [1.54, 1.807) is 7.11 Å². The van der Waals surface area contributed by atoms with Crippen LogP contribution in [-0.2, 0) is 9.53 Å². The third kappa shape index (κ3) is 9.82. The normalized spacial score (nSPS) is 19.4. The smallest absolute Gasteiger partial charge is 0.225 e. The first-order valence-electron chi connectivity index (χ1n) is 12.2. The van der Waals surface area contributed by atoms with Gasteiger partial charge in [-0.1, -0.05) is 13.8 Å². The molecular weight excluding hydrogens is 505 g/mol. The Labute approximate surface area is 207 Å². The Morgan fingerprint density at radius 1 is 1.06 bits per heavy atom. The highest BCUT2D eigenvalue weighted by Crippen LogP contribution is 2.18. The second-order valence-corrected chi connectivity index (χ2v) is 8.75. The summed E-state index contributed by atoms with van der Waals surface area (Å²) in [7, 11) is 1.77. The molecule has 0 aliphatic carbocycles. The van der Waals surface area contributed by atoms with Gasteiger partial charge in [0.1, 0.15) is 0 Å². The number of halogens is 1. The van der Waals surface area contributed by atoms with Gasteiger partial charge in [0.2, 0.25) is 5.91 Å². The van der Waals surface area contributed by atoms with E-state index < -0.39 is 0 Å². The Bertz CT molecular complexity index is 514. The van der Waals surface area contributed by atoms with Crippen LogP contribution < -0.4 is 10.6 Å². The monoisotopic (exact) mass is 551 g/mol. The number of nitrogens with zero attached hydrogens (tertiary/aromatic N) is 3. The largest absolute Gasteiger partial charge is 0.383 e. The molecule has 0 radical (unpaired) electrons. The number of carbonyl (C=O) groups is 1. The van der Waals surface area contributed by atoms with E-state index in [-0.39, 0.29) is 29.9 Å². The molecule has 2 aliphatic rings. The minimum absolute atomic E-state index is 0. The van der Waals surface area contributed by atoms with E-state index in [0.717, 1.165) is 84.1 Å². The van der Waals surface area contributed by atoms with E-state index >= 15 is 0 Å². The summed E-state index contributed by atoms with van der Waals surface area (Å²) in [4.78, 5) is 22.1. The van der Waals surface area contributed by atoms with Crippen molar-refractivity contribution in [2.24, 2.45) is 16.8 Å². The molecule has 0 aromatic carbocycles. The van der Waals surface area contributed by atoms with Crippen molar-refractivity contribution in [3.8, 4) is 0 Å². The number of hydrogen-bond acceptors (Lipinski definition) is 4. The van der Waals surface area contributed by atoms with Crippen molar-refractivity contribution in [1.29, 1.82) is 0 Å². The van der Waals surface area contributed by atoms with Crippen LogP contribution in [0.3, 0.4) is 0 Å². The van der Waals surface area contributed by atoms with Gasteiger partial charge in [-0.3, -0.25) is 9.79 Å². The number of likely N-dealkylation sites (tertiary alicyclic amines) is 2. The SMILES string of the molecule is CCNC(=NCC1CCN(CCOC)CC1)NC1CCN(C(=O)C(CC)CC)CC1.I. The van der Waals surface area contributed by atoms with Crippen LogP contribution in [0.1, 0.15) is 59.3 Å². The number of amides is 1. The molecule has 2 aliphatic heterocycles. The van der Waals surface area contributed by atoms with Crippen molar-refractivity contribution in [2.75, 3.05) is 59.5 Å². The van der Waals surface area contributed by atoms with Crippen LogP contribution in [0, 0.1) is 11.8 Å². The van der Waals surface area contributed by atoms with E-state index in [1.807, 2.05) is 0 Å². The number of rotatable bonds is 10. The van der Waals surface area contributed by atoms with Crippen molar-refractivity contribution in [3.05, 3.63) is 0 Å². The van der Waals surface area contributed by atoms with Crippen molar-refractivity contribution in [3.63, 3.8) is 0 Å². The average molecular weight is 552 g/mol. The van der Waals surface area contributed by atoms with Crippen LogP contribution in [0.15, 0.2) is 4.99 Å². The first kappa shape index (κ1) is 28.4. The summed E-state index contributed by atoms with van der Waals surface area (Å²) in [5.74, 6) is 2.13. The fourth-order valence-electron chi connectivity index (χ4n) is 4.49. The molecule has 0 bridgehead atoms. The predicted molar refractivity (Wildman–Crippen MR) is 139 cm³/mol. The third-order valence-electron chi connectivity index (χ3n) is 6.65. The summed E-state index contributed by atoms with van der Waals surface area (Å²) in [5, 5.41) is 7.03. The number of ether oxygens (including phenoxy) is 1. The number of piperidine rings is 2. The van der Waals surface area contributed by atoms with E-state index in [2.05, 4.69) is 41.2 Å². The summed E-state index contributed by atoms with van der Waals surface area (Å²) >= 11 is 0. The maximum absolute atomic E-state index is 12.6. The van der Waals surface area contributed by atoms with E-state index in [4.69, 9.17) is 9.73 Å². The van der Waals surface area contributed by atoms with Gasteiger partial charge in [-0.05, 0) is 64.5 Å². The van der Waals surface area contributed by atoms with Crippen LogP contribution in [0.25, 0.3) is 0 Å². The highest BCUT2D eigenvalue weighted by atomic mass is 127. The molecule has 2 heterocycles. The van der Waals surface area contributed by atoms with Crippen molar-refractivity contribution >= 4 is 35.8 Å². The van der Waals surface area contributed by atoms with Crippen LogP contribution >= 0.6 is 24.0 Å². The van der Waals surface area contributed by atoms with Gasteiger partial charge in [0.25, 0.3) is 0 Å². The van der Waals surface area contributed by atoms with Crippen molar-refractivity contribution in [2.45, 2.75) is 65.3 Å². The second-order valence-electron chi connectivity index (χ2n) is 8.75. The van der Waals surface area contributed by atoms with Gasteiger partial charge in [-0.25, -0.2) is 0 Å². The Morgan fingerprint density at radius 3 is 2.26 bits per heavy atom. The van der Waals surface area contributed by atoms with Crippen molar-refractivity contribution < 1.29 is 9.53 Å². The molecule has 2 N–H and O–H groups in total. The summed E-state index contributed by atoms with van der Waals surface area (Å²) in [6.45, 7) is 14.0. The highest BCUT2D eigenvalue weighted by Gasteiger charge is 2.27. The molecule has 0 saturated carbocycles. The van der Waals surface area contributed by atoms with Crippen LogP contribution in [0.2, 0.25) is 0 Å². The molecule has 0 unspecified atom stereocenters. The zero-order valence-electron chi connectivity index (χ0n) is 20.2. The van der Waals surface area contributed by atoms with Crippen LogP contribution in [-0.4, -0.2) is 87.2 Å². The lowest BCUT2D eigenvalue weighted by molar-refractivity contribution is -0.136. The van der Waals surface area contributed by atoms with Gasteiger partial charge in [-0.2, -0.15) is 0 Å². The highest BCUT2D eigenvalue weighted by molar-refractivity contribution is 14.0. The zero-order chi connectivity index (χ0) is 21.8. The number of hydrogen-bond donors (Lipinski definition) is 2.